The van der Waals surface area contributed by atoms with Gasteiger partial charge in [0.1, 0.15) is 5.82 Å². The van der Waals surface area contributed by atoms with Crippen molar-refractivity contribution in [1.82, 2.24) is 15.2 Å². The van der Waals surface area contributed by atoms with Crippen molar-refractivity contribution in [3.8, 4) is 0 Å². The van der Waals surface area contributed by atoms with E-state index < -0.39 is 0 Å². The van der Waals surface area contributed by atoms with E-state index in [9.17, 15) is 4.39 Å². The van der Waals surface area contributed by atoms with E-state index in [1.165, 1.54) is 12.1 Å². The summed E-state index contributed by atoms with van der Waals surface area (Å²) in [5, 5.41) is 4.22. The van der Waals surface area contributed by atoms with Crippen LogP contribution in [0, 0.1) is 5.82 Å². The molecule has 0 aliphatic carbocycles. The zero-order chi connectivity index (χ0) is 13.7. The van der Waals surface area contributed by atoms with Gasteiger partial charge < -0.3 is 4.74 Å². The van der Waals surface area contributed by atoms with Crippen LogP contribution in [0.4, 0.5) is 4.39 Å². The molecule has 0 saturated carbocycles. The zero-order valence-electron chi connectivity index (χ0n) is 10.7. The van der Waals surface area contributed by atoms with Crippen molar-refractivity contribution in [3.05, 3.63) is 53.6 Å². The molecular weight excluding hydrogens is 247 g/mol. The Morgan fingerprint density at radius 2 is 2.32 bits per heavy atom. The van der Waals surface area contributed by atoms with Gasteiger partial charge in [-0.1, -0.05) is 12.1 Å². The van der Waals surface area contributed by atoms with Crippen LogP contribution in [0.1, 0.15) is 17.3 Å². The average Bonchev–Trinajstić information content (AvgIpc) is 2.86. The lowest BCUT2D eigenvalue weighted by molar-refractivity contribution is 0.182. The summed E-state index contributed by atoms with van der Waals surface area (Å²) in [7, 11) is 1.63. The zero-order valence-corrected chi connectivity index (χ0v) is 10.7. The predicted molar refractivity (Wildman–Crippen MR) is 69.7 cm³/mol. The number of nitrogens with zero attached hydrogens (tertiary/aromatic N) is 2. The van der Waals surface area contributed by atoms with Crippen molar-refractivity contribution in [2.24, 2.45) is 5.84 Å². The number of methoxy groups -OCH3 is 1. The Morgan fingerprint density at radius 1 is 1.47 bits per heavy atom. The molecule has 0 aliphatic rings. The summed E-state index contributed by atoms with van der Waals surface area (Å²) in [6, 6.07) is 7.88. The number of hydrogen-bond donors (Lipinski definition) is 2. The molecule has 1 aromatic heterocycles. The van der Waals surface area contributed by atoms with Crippen molar-refractivity contribution >= 4 is 0 Å². The largest absolute Gasteiger partial charge is 0.383 e. The maximum Gasteiger partial charge on any atom is 0.123 e. The molecule has 0 radical (unpaired) electrons. The maximum absolute atomic E-state index is 13.3. The SMILES string of the molecule is COCCn1nccc1C(NN)c1cccc(F)c1. The van der Waals surface area contributed by atoms with Gasteiger partial charge in [0.2, 0.25) is 0 Å². The molecule has 0 bridgehead atoms. The molecule has 2 aromatic rings. The summed E-state index contributed by atoms with van der Waals surface area (Å²) >= 11 is 0. The summed E-state index contributed by atoms with van der Waals surface area (Å²) in [5.74, 6) is 5.31. The number of halogens is 1. The van der Waals surface area contributed by atoms with Gasteiger partial charge in [0.05, 0.1) is 24.9 Å². The Kier molecular flexibility index (Phi) is 4.62. The van der Waals surface area contributed by atoms with Crippen LogP contribution in [0.3, 0.4) is 0 Å². The minimum absolute atomic E-state index is 0.291. The number of aromatic nitrogens is 2. The van der Waals surface area contributed by atoms with Gasteiger partial charge in [-0.05, 0) is 23.8 Å². The molecule has 0 aliphatic heterocycles. The van der Waals surface area contributed by atoms with Crippen molar-refractivity contribution in [1.29, 1.82) is 0 Å². The van der Waals surface area contributed by atoms with Crippen LogP contribution in [0.15, 0.2) is 36.5 Å². The van der Waals surface area contributed by atoms with Gasteiger partial charge in [0, 0.05) is 13.3 Å². The minimum atomic E-state index is -0.310. The van der Waals surface area contributed by atoms with Gasteiger partial charge in [0.25, 0.3) is 0 Å². The maximum atomic E-state index is 13.3. The van der Waals surface area contributed by atoms with E-state index in [1.807, 2.05) is 12.1 Å². The number of nitrogens with two attached hydrogens (primary N) is 1. The van der Waals surface area contributed by atoms with Gasteiger partial charge in [-0.2, -0.15) is 5.10 Å². The van der Waals surface area contributed by atoms with Gasteiger partial charge in [-0.15, -0.1) is 0 Å². The highest BCUT2D eigenvalue weighted by Gasteiger charge is 2.17. The molecule has 2 rings (SSSR count). The Morgan fingerprint density at radius 3 is 3.00 bits per heavy atom. The molecule has 5 nitrogen and oxygen atoms in total. The number of hydrazine groups is 1. The highest BCUT2D eigenvalue weighted by Crippen LogP contribution is 2.21. The smallest absolute Gasteiger partial charge is 0.123 e. The molecule has 6 heteroatoms. The van der Waals surface area contributed by atoms with E-state index in [2.05, 4.69) is 10.5 Å². The molecule has 1 heterocycles. The number of ether oxygens (including phenoxy) is 1. The first-order valence-corrected chi connectivity index (χ1v) is 5.98. The lowest BCUT2D eigenvalue weighted by Crippen LogP contribution is -2.31. The van der Waals surface area contributed by atoms with Crippen LogP contribution >= 0.6 is 0 Å². The third kappa shape index (κ3) is 3.17. The molecule has 1 unspecified atom stereocenters. The van der Waals surface area contributed by atoms with Crippen LogP contribution in [0.25, 0.3) is 0 Å². The lowest BCUT2D eigenvalue weighted by Gasteiger charge is -2.18. The van der Waals surface area contributed by atoms with Crippen molar-refractivity contribution < 1.29 is 9.13 Å². The number of hydrogen-bond acceptors (Lipinski definition) is 4. The molecular formula is C13H17FN4O. The molecule has 102 valence electrons. The lowest BCUT2D eigenvalue weighted by atomic mass is 10.0. The monoisotopic (exact) mass is 264 g/mol. The molecule has 1 atom stereocenters. The molecule has 1 aromatic carbocycles. The third-order valence-electron chi connectivity index (χ3n) is 2.90. The fourth-order valence-corrected chi connectivity index (χ4v) is 1.99. The predicted octanol–water partition coefficient (Wildman–Crippen LogP) is 1.22. The summed E-state index contributed by atoms with van der Waals surface area (Å²) in [5.41, 5.74) is 4.31. The first-order valence-electron chi connectivity index (χ1n) is 5.98. The summed E-state index contributed by atoms with van der Waals surface area (Å²) < 4.78 is 20.1. The van der Waals surface area contributed by atoms with E-state index in [0.717, 1.165) is 11.3 Å². The molecule has 0 fully saturated rings. The first kappa shape index (κ1) is 13.7. The van der Waals surface area contributed by atoms with E-state index in [0.29, 0.717) is 13.2 Å². The van der Waals surface area contributed by atoms with Gasteiger partial charge in [-0.3, -0.25) is 10.5 Å². The summed E-state index contributed by atoms with van der Waals surface area (Å²) in [4.78, 5) is 0. The molecule has 0 amide bonds. The molecule has 19 heavy (non-hydrogen) atoms. The van der Waals surface area contributed by atoms with Crippen LogP contribution in [-0.4, -0.2) is 23.5 Å². The first-order chi connectivity index (χ1) is 9.26. The van der Waals surface area contributed by atoms with Crippen LogP contribution < -0.4 is 11.3 Å². The number of rotatable bonds is 6. The topological polar surface area (TPSA) is 65.1 Å². The van der Waals surface area contributed by atoms with E-state index in [-0.39, 0.29) is 11.9 Å². The second-order valence-electron chi connectivity index (χ2n) is 4.13. The standard InChI is InChI=1S/C13H17FN4O/c1-19-8-7-18-12(5-6-16-18)13(17-15)10-3-2-4-11(14)9-10/h2-6,9,13,17H,7-8,15H2,1H3. The fraction of sp³-hybridized carbons (Fsp3) is 0.308. The Balaban J connectivity index is 2.29. The highest BCUT2D eigenvalue weighted by molar-refractivity contribution is 5.27. The minimum Gasteiger partial charge on any atom is -0.383 e. The van der Waals surface area contributed by atoms with Crippen molar-refractivity contribution in [2.45, 2.75) is 12.6 Å². The van der Waals surface area contributed by atoms with Crippen molar-refractivity contribution in [2.75, 3.05) is 13.7 Å². The van der Waals surface area contributed by atoms with Crippen molar-refractivity contribution in [3.63, 3.8) is 0 Å². The quantitative estimate of drug-likeness (QED) is 0.608. The van der Waals surface area contributed by atoms with Gasteiger partial charge in [0.15, 0.2) is 0 Å². The van der Waals surface area contributed by atoms with Crippen LogP contribution in [0.2, 0.25) is 0 Å². The average molecular weight is 264 g/mol. The normalized spacial score (nSPS) is 12.6. The second kappa shape index (κ2) is 6.42. The third-order valence-corrected chi connectivity index (χ3v) is 2.90. The Labute approximate surface area is 111 Å². The molecule has 0 spiro atoms. The molecule has 0 saturated heterocycles. The molecule has 3 N–H and O–H groups in total. The van der Waals surface area contributed by atoms with E-state index >= 15 is 0 Å². The Hall–Kier alpha value is -1.76. The van der Waals surface area contributed by atoms with E-state index in [1.54, 1.807) is 24.1 Å². The number of nitrogens with one attached hydrogen (secondary N) is 1. The van der Waals surface area contributed by atoms with Crippen LogP contribution in [0.5, 0.6) is 0 Å². The summed E-state index contributed by atoms with van der Waals surface area (Å²) in [6.07, 6.45) is 1.69. The van der Waals surface area contributed by atoms with Gasteiger partial charge >= 0.3 is 0 Å². The van der Waals surface area contributed by atoms with E-state index in [4.69, 9.17) is 10.6 Å². The van der Waals surface area contributed by atoms with Gasteiger partial charge in [-0.25, -0.2) is 9.82 Å². The van der Waals surface area contributed by atoms with Crippen LogP contribution in [-0.2, 0) is 11.3 Å². The Bertz CT molecular complexity index is 529. The fourth-order valence-electron chi connectivity index (χ4n) is 1.99. The highest BCUT2D eigenvalue weighted by atomic mass is 19.1. The number of benzene rings is 1. The summed E-state index contributed by atoms with van der Waals surface area (Å²) in [6.45, 7) is 1.17. The second-order valence-corrected chi connectivity index (χ2v) is 4.13.